The lowest BCUT2D eigenvalue weighted by Gasteiger charge is -2.40. The van der Waals surface area contributed by atoms with Crippen molar-refractivity contribution in [1.82, 2.24) is 20.2 Å². The van der Waals surface area contributed by atoms with Crippen LogP contribution in [0, 0.1) is 29.5 Å². The number of nitrogens with one attached hydrogen (secondary N) is 1. The molecule has 1 aliphatic carbocycles. The van der Waals surface area contributed by atoms with Gasteiger partial charge in [0.25, 0.3) is 0 Å². The Morgan fingerprint density at radius 2 is 1.79 bits per heavy atom. The van der Waals surface area contributed by atoms with Gasteiger partial charge in [0.15, 0.2) is 5.82 Å². The number of nitrogens with zero attached hydrogens (tertiary/aromatic N) is 4. The molecule has 1 saturated carbocycles. The van der Waals surface area contributed by atoms with Gasteiger partial charge in [-0.05, 0) is 92.5 Å². The molecule has 4 aliphatic heterocycles. The van der Waals surface area contributed by atoms with Gasteiger partial charge in [0.2, 0.25) is 0 Å². The zero-order valence-corrected chi connectivity index (χ0v) is 27.7. The van der Waals surface area contributed by atoms with Crippen molar-refractivity contribution in [3.63, 3.8) is 0 Å². The Bertz CT molecular complexity index is 1930. The molecule has 8 heteroatoms. The van der Waals surface area contributed by atoms with Crippen molar-refractivity contribution in [2.24, 2.45) is 11.3 Å². The van der Waals surface area contributed by atoms with Gasteiger partial charge < -0.3 is 20.1 Å². The molecule has 3 aromatic carbocycles. The Hall–Kier alpha value is -3.93. The third-order valence-corrected chi connectivity index (χ3v) is 12.2. The molecule has 0 radical (unpaired) electrons. The summed E-state index contributed by atoms with van der Waals surface area (Å²) >= 11 is 0. The molecule has 4 bridgehead atoms. The monoisotopic (exact) mass is 645 g/mol. The summed E-state index contributed by atoms with van der Waals surface area (Å²) < 4.78 is 23.5. The van der Waals surface area contributed by atoms with Gasteiger partial charge in [-0.1, -0.05) is 37.5 Å². The first-order chi connectivity index (χ1) is 23.4. The van der Waals surface area contributed by atoms with Crippen LogP contribution in [-0.4, -0.2) is 70.4 Å². The summed E-state index contributed by atoms with van der Waals surface area (Å²) in [6.07, 6.45) is 17.0. The van der Waals surface area contributed by atoms with E-state index in [1.807, 2.05) is 24.3 Å². The van der Waals surface area contributed by atoms with Crippen molar-refractivity contribution in [2.45, 2.75) is 88.9 Å². The van der Waals surface area contributed by atoms with E-state index in [1.54, 1.807) is 18.2 Å². The number of hydrogen-bond acceptors (Lipinski definition) is 7. The summed E-state index contributed by atoms with van der Waals surface area (Å²) in [6, 6.07) is 15.0. The number of hydrogen-bond donors (Lipinski definition) is 2. The average molecular weight is 646 g/mol. The van der Waals surface area contributed by atoms with Crippen LogP contribution in [-0.2, 0) is 0 Å². The van der Waals surface area contributed by atoms with E-state index in [-0.39, 0.29) is 22.7 Å². The largest absolute Gasteiger partial charge is 0.508 e. The fraction of sp³-hybridized carbons (Fsp3) is 0.500. The van der Waals surface area contributed by atoms with E-state index >= 15 is 4.39 Å². The number of phenols is 1. The maximum Gasteiger partial charge on any atom is 0.319 e. The predicted octanol–water partition coefficient (Wildman–Crippen LogP) is 7.03. The summed E-state index contributed by atoms with van der Waals surface area (Å²) in [5.41, 5.74) is 1.87. The van der Waals surface area contributed by atoms with Crippen LogP contribution in [0.15, 0.2) is 42.5 Å². The fourth-order valence-corrected chi connectivity index (χ4v) is 9.46. The van der Waals surface area contributed by atoms with Gasteiger partial charge in [0, 0.05) is 71.1 Å². The number of phenolic OH excluding ortho intramolecular Hbond substituents is 1. The van der Waals surface area contributed by atoms with Crippen LogP contribution >= 0.6 is 0 Å². The van der Waals surface area contributed by atoms with Crippen LogP contribution in [0.3, 0.4) is 0 Å². The van der Waals surface area contributed by atoms with Crippen LogP contribution in [0.25, 0.3) is 32.8 Å². The fourth-order valence-electron chi connectivity index (χ4n) is 9.46. The number of benzene rings is 3. The average Bonchev–Trinajstić information content (AvgIpc) is 3.73. The highest BCUT2D eigenvalue weighted by Crippen LogP contribution is 2.50. The zero-order chi connectivity index (χ0) is 32.6. The van der Waals surface area contributed by atoms with Crippen LogP contribution in [0.2, 0.25) is 0 Å². The number of piperazine rings is 1. The van der Waals surface area contributed by atoms with Gasteiger partial charge in [0.05, 0.1) is 6.61 Å². The number of anilines is 1. The molecule has 7 nitrogen and oxygen atoms in total. The van der Waals surface area contributed by atoms with E-state index in [0.29, 0.717) is 52.9 Å². The third-order valence-electron chi connectivity index (χ3n) is 12.2. The maximum absolute atomic E-state index is 17.0. The van der Waals surface area contributed by atoms with E-state index in [9.17, 15) is 5.11 Å². The Kier molecular flexibility index (Phi) is 7.29. The van der Waals surface area contributed by atoms with E-state index < -0.39 is 5.82 Å². The zero-order valence-electron chi connectivity index (χ0n) is 27.7. The number of halogens is 1. The van der Waals surface area contributed by atoms with E-state index in [0.717, 1.165) is 67.8 Å². The number of ether oxygens (including phenoxy) is 1. The molecule has 0 amide bonds. The summed E-state index contributed by atoms with van der Waals surface area (Å²) in [6.45, 7) is 5.58. The maximum atomic E-state index is 17.0. The molecule has 4 unspecified atom stereocenters. The lowest BCUT2D eigenvalue weighted by molar-refractivity contribution is 0.0643. The molecule has 9 rings (SSSR count). The number of fused-ring (bicyclic) bond motifs is 6. The SMILES string of the molecule is C#Cc1cccc2cc(O)cc(-c3ccc4c(N5CC6CCC(C5)N6)nc(OCC5(CN6C7CCC6CC(CC)C7)CC5)nc4c3F)c12. The van der Waals surface area contributed by atoms with Crippen molar-refractivity contribution >= 4 is 27.5 Å². The topological polar surface area (TPSA) is 73.8 Å². The second-order valence-electron chi connectivity index (χ2n) is 15.3. The molecule has 4 aromatic rings. The van der Waals surface area contributed by atoms with E-state index in [1.165, 1.54) is 32.1 Å². The first kappa shape index (κ1) is 30.2. The summed E-state index contributed by atoms with van der Waals surface area (Å²) in [4.78, 5) is 14.9. The van der Waals surface area contributed by atoms with Crippen LogP contribution < -0.4 is 15.0 Å². The molecule has 4 atom stereocenters. The predicted molar refractivity (Wildman–Crippen MR) is 188 cm³/mol. The third kappa shape index (κ3) is 5.18. The highest BCUT2D eigenvalue weighted by Gasteiger charge is 2.50. The molecule has 1 aromatic heterocycles. The van der Waals surface area contributed by atoms with Gasteiger partial charge in [-0.3, -0.25) is 4.90 Å². The Balaban J connectivity index is 1.09. The number of piperidine rings is 1. The van der Waals surface area contributed by atoms with Gasteiger partial charge in [-0.2, -0.15) is 9.97 Å². The summed E-state index contributed by atoms with van der Waals surface area (Å²) in [5, 5.41) is 16.5. The minimum Gasteiger partial charge on any atom is -0.508 e. The first-order valence-corrected chi connectivity index (χ1v) is 18.0. The van der Waals surface area contributed by atoms with Crippen molar-refractivity contribution in [2.75, 3.05) is 31.1 Å². The molecular formula is C40H44FN5O2. The number of aromatic hydroxyl groups is 1. The second-order valence-corrected chi connectivity index (χ2v) is 15.3. The van der Waals surface area contributed by atoms with Gasteiger partial charge >= 0.3 is 6.01 Å². The molecule has 248 valence electrons. The second kappa shape index (κ2) is 11.6. The molecule has 4 saturated heterocycles. The minimum atomic E-state index is -0.464. The molecule has 5 fully saturated rings. The first-order valence-electron chi connectivity index (χ1n) is 18.0. The smallest absolute Gasteiger partial charge is 0.319 e. The van der Waals surface area contributed by atoms with E-state index in [2.05, 4.69) is 28.0 Å². The van der Waals surface area contributed by atoms with Gasteiger partial charge in [0.1, 0.15) is 17.1 Å². The quantitative estimate of drug-likeness (QED) is 0.200. The van der Waals surface area contributed by atoms with Crippen LogP contribution in [0.5, 0.6) is 11.8 Å². The summed E-state index contributed by atoms with van der Waals surface area (Å²) in [5.74, 6) is 3.93. The van der Waals surface area contributed by atoms with E-state index in [4.69, 9.17) is 21.1 Å². The minimum absolute atomic E-state index is 0.0527. The molecular weight excluding hydrogens is 601 g/mol. The summed E-state index contributed by atoms with van der Waals surface area (Å²) in [7, 11) is 0. The van der Waals surface area contributed by atoms with Crippen molar-refractivity contribution in [3.8, 4) is 35.2 Å². The highest BCUT2D eigenvalue weighted by molar-refractivity contribution is 6.04. The number of aromatic nitrogens is 2. The Morgan fingerprint density at radius 1 is 1.02 bits per heavy atom. The normalized spacial score (nSPS) is 27.4. The molecule has 0 spiro atoms. The van der Waals surface area contributed by atoms with Crippen LogP contribution in [0.4, 0.5) is 10.2 Å². The van der Waals surface area contributed by atoms with Crippen LogP contribution in [0.1, 0.15) is 70.3 Å². The lowest BCUT2D eigenvalue weighted by Crippen LogP contribution is -2.51. The highest BCUT2D eigenvalue weighted by atomic mass is 19.1. The number of terminal acetylenes is 1. The van der Waals surface area contributed by atoms with Crippen molar-refractivity contribution < 1.29 is 14.2 Å². The van der Waals surface area contributed by atoms with Crippen molar-refractivity contribution in [1.29, 1.82) is 0 Å². The standard InChI is InChI=1S/C40H44FN5O2/c1-3-24-16-29-10-11-30(17-24)46(29)22-40(14-15-40)23-48-39-43-37-33(38(44-39)45-20-27-8-9-28(21-45)42-27)13-12-32(36(37)41)34-19-31(47)18-26-7-5-6-25(4-2)35(26)34/h2,5-7,12-13,18-19,24,27-30,42,47H,3,8-11,14-17,20-23H2,1H3. The molecule has 48 heavy (non-hydrogen) atoms. The Labute approximate surface area is 281 Å². The molecule has 2 N–H and O–H groups in total. The molecule has 5 aliphatic rings. The molecule has 5 heterocycles. The Morgan fingerprint density at radius 3 is 2.50 bits per heavy atom. The number of rotatable bonds is 8. The van der Waals surface area contributed by atoms with Gasteiger partial charge in [-0.15, -0.1) is 6.42 Å². The van der Waals surface area contributed by atoms with Crippen molar-refractivity contribution in [3.05, 3.63) is 53.8 Å². The lowest BCUT2D eigenvalue weighted by atomic mass is 9.88. The van der Waals surface area contributed by atoms with Gasteiger partial charge in [-0.25, -0.2) is 4.39 Å².